The Morgan fingerprint density at radius 3 is 1.05 bits per heavy atom. The number of carbonyl (C=O) groups excluding carboxylic acids is 10. The molecule has 3 fully saturated rings. The van der Waals surface area contributed by atoms with Gasteiger partial charge in [0.05, 0.1) is 103 Å². The number of fused-ring (bicyclic) bond motifs is 9. The third-order valence-corrected chi connectivity index (χ3v) is 28.1. The molecule has 12 atom stereocenters. The van der Waals surface area contributed by atoms with Crippen molar-refractivity contribution in [2.45, 2.75) is 283 Å². The molecular weight excluding hydrogens is 1730 g/mol. The second kappa shape index (κ2) is 39.4. The fraction of sp³-hybridized carbons (Fsp3) is 0.612. The highest BCUT2D eigenvalue weighted by molar-refractivity contribution is 5.90. The van der Waals surface area contributed by atoms with Crippen LogP contribution in [0.15, 0.2) is 94.7 Å². The number of ether oxygens (including phenoxy) is 19. The molecule has 1 aromatic heterocycles. The van der Waals surface area contributed by atoms with Crippen LogP contribution >= 0.6 is 0 Å². The van der Waals surface area contributed by atoms with E-state index >= 15 is 0 Å². The summed E-state index contributed by atoms with van der Waals surface area (Å²) in [6, 6.07) is 15.0. The first-order valence-corrected chi connectivity index (χ1v) is 45.7. The van der Waals surface area contributed by atoms with Crippen LogP contribution < -0.4 is 28.4 Å². The minimum absolute atomic E-state index is 0.0683. The van der Waals surface area contributed by atoms with E-state index in [0.29, 0.717) is 64.6 Å². The van der Waals surface area contributed by atoms with Gasteiger partial charge in [0, 0.05) is 40.4 Å². The molecule has 724 valence electrons. The van der Waals surface area contributed by atoms with Gasteiger partial charge < -0.3 is 105 Å². The van der Waals surface area contributed by atoms with Crippen LogP contribution in [0.5, 0.6) is 34.5 Å². The van der Waals surface area contributed by atoms with Gasteiger partial charge in [0.2, 0.25) is 31.7 Å². The van der Waals surface area contributed by atoms with Crippen molar-refractivity contribution in [2.24, 2.45) is 0 Å². The molecule has 3 saturated heterocycles. The van der Waals surface area contributed by atoms with Crippen molar-refractivity contribution in [1.29, 1.82) is 0 Å². The average molecular weight is 1860 g/mol. The minimum atomic E-state index is -2.21. The lowest BCUT2D eigenvalue weighted by molar-refractivity contribution is -0.191. The van der Waals surface area contributed by atoms with Crippen LogP contribution in [0.25, 0.3) is 0 Å². The van der Waals surface area contributed by atoms with Crippen molar-refractivity contribution in [1.82, 2.24) is 14.7 Å². The Hall–Kier alpha value is -11.1. The highest BCUT2D eigenvalue weighted by Gasteiger charge is 2.64. The minimum Gasteiger partial charge on any atom is -0.497 e. The van der Waals surface area contributed by atoms with Gasteiger partial charge in [-0.2, -0.15) is 0 Å². The monoisotopic (exact) mass is 1860 g/mol. The molecule has 4 aromatic rings. The van der Waals surface area contributed by atoms with Crippen LogP contribution in [-0.2, 0) is 124 Å². The van der Waals surface area contributed by atoms with E-state index in [4.69, 9.17) is 94.4 Å². The highest BCUT2D eigenvalue weighted by atomic mass is 16.7. The summed E-state index contributed by atoms with van der Waals surface area (Å²) in [4.78, 5) is 135. The molecule has 16 rings (SSSR count). The van der Waals surface area contributed by atoms with Gasteiger partial charge in [-0.15, -0.1) is 0 Å². The smallest absolute Gasteiger partial charge is 0.374 e. The van der Waals surface area contributed by atoms with Gasteiger partial charge in [-0.05, 0) is 277 Å². The fourth-order valence-corrected chi connectivity index (χ4v) is 22.1. The van der Waals surface area contributed by atoms with Crippen LogP contribution in [0.2, 0.25) is 0 Å². The predicted molar refractivity (Wildman–Crippen MR) is 468 cm³/mol. The Bertz CT molecular complexity index is 5170. The summed E-state index contributed by atoms with van der Waals surface area (Å²) < 4.78 is 112. The van der Waals surface area contributed by atoms with Crippen molar-refractivity contribution < 1.29 is 153 Å². The lowest BCUT2D eigenvalue weighted by Crippen LogP contribution is -2.51. The van der Waals surface area contributed by atoms with E-state index in [1.165, 1.54) is 54.4 Å². The number of esters is 10. The van der Waals surface area contributed by atoms with Crippen LogP contribution in [0, 0.1) is 0 Å². The molecule has 0 saturated carbocycles. The molecule has 9 aliphatic heterocycles. The van der Waals surface area contributed by atoms with Crippen LogP contribution in [0.1, 0.15) is 240 Å². The van der Waals surface area contributed by atoms with Gasteiger partial charge in [0.15, 0.2) is 64.0 Å². The number of aliphatic hydroxyl groups is 2. The first kappa shape index (κ1) is 97.9. The molecule has 12 aliphatic rings. The van der Waals surface area contributed by atoms with Gasteiger partial charge in [-0.3, -0.25) is 43.5 Å². The van der Waals surface area contributed by atoms with E-state index in [-0.39, 0.29) is 88.8 Å². The molecule has 0 unspecified atom stereocenters. The number of carbonyl (C=O) groups is 10. The van der Waals surface area contributed by atoms with E-state index in [1.54, 1.807) is 68.9 Å². The van der Waals surface area contributed by atoms with E-state index in [0.717, 1.165) is 130 Å². The molecule has 2 N–H and O–H groups in total. The molecule has 10 heterocycles. The largest absolute Gasteiger partial charge is 0.497 e. The zero-order chi connectivity index (χ0) is 95.5. The van der Waals surface area contributed by atoms with Crippen molar-refractivity contribution >= 4 is 59.7 Å². The number of rotatable bonds is 32. The van der Waals surface area contributed by atoms with Crippen molar-refractivity contribution in [3.8, 4) is 34.5 Å². The summed E-state index contributed by atoms with van der Waals surface area (Å²) in [5.74, 6) is -2.78. The Kier molecular flexibility index (Phi) is 29.0. The second-order valence-corrected chi connectivity index (χ2v) is 38.2. The maximum Gasteiger partial charge on any atom is 0.374 e. The normalized spacial score (nSPS) is 24.9. The Morgan fingerprint density at radius 1 is 0.406 bits per heavy atom. The lowest BCUT2D eigenvalue weighted by Gasteiger charge is -2.40. The molecule has 0 bridgehead atoms. The number of furan rings is 1. The standard InChI is InChI=1S/C34H41NO11.C33H43NO11.C31H41NO10/c1-32(2,46-30(37)23-8-5-15-42-23)10-6-12-34(39,19-27(36)41-4)31(38)45-29-26(40-3)18-33-11-7-13-35(33)14-9-21-16-24-25(44-20-43-24)17-22(21)28(29)33;1-20(35)44-31(3,4)10-7-12-33(45-21(2)36,18-27(37)40-6)30(38)43-29-26(39-5)17-32-11-8-13-34(32)14-9-22-15-24-25(42-19-41-24)16-23(22)28(29)32;1-19(33)42-29(2,3)9-6-11-31(36,17-25(34)38-5)28(35)41-27-24(37-4)16-30-10-7-12-32(30)13-8-20-14-22-23(40-18-39-22)15-21(20)26(27)30/h5,8,15-18,28-29,39H,6-7,9-14,19-20H2,1-4H3;15-17,28-29H,7-14,18-19H2,1-6H3;14-16,26-27,36H,6-13,17-18H2,1-5H3/t28-,29-,33+,34-;28-,29-,32+,33-;26-,27-,30+,31-/m111/s1. The molecule has 133 heavy (non-hydrogen) atoms. The first-order valence-electron chi connectivity index (χ1n) is 45.7. The summed E-state index contributed by atoms with van der Waals surface area (Å²) in [6.45, 7) is 19.8. The molecular formula is C98H125N3O32. The topological polar surface area (TPSA) is 409 Å². The molecule has 0 amide bonds. The third-order valence-electron chi connectivity index (χ3n) is 28.1. The Balaban J connectivity index is 0.000000160. The third kappa shape index (κ3) is 20.3. The number of hydrogen-bond donors (Lipinski definition) is 2. The summed E-state index contributed by atoms with van der Waals surface area (Å²) in [5.41, 5.74) is -4.18. The zero-order valence-electron chi connectivity index (χ0n) is 78.6. The lowest BCUT2D eigenvalue weighted by atomic mass is 9.77. The van der Waals surface area contributed by atoms with Crippen molar-refractivity contribution in [2.75, 3.05) is 102 Å². The summed E-state index contributed by atoms with van der Waals surface area (Å²) in [6.07, 6.45) is 12.5. The van der Waals surface area contributed by atoms with E-state index < -0.39 is 147 Å². The number of methoxy groups -OCH3 is 6. The van der Waals surface area contributed by atoms with Crippen LogP contribution in [0.3, 0.4) is 0 Å². The van der Waals surface area contributed by atoms with Gasteiger partial charge in [0.1, 0.15) is 34.1 Å². The van der Waals surface area contributed by atoms with E-state index in [1.807, 2.05) is 36.4 Å². The van der Waals surface area contributed by atoms with E-state index in [2.05, 4.69) is 32.9 Å². The molecule has 3 aromatic carbocycles. The predicted octanol–water partition coefficient (Wildman–Crippen LogP) is 10.9. The summed E-state index contributed by atoms with van der Waals surface area (Å²) in [5, 5.41) is 23.4. The van der Waals surface area contributed by atoms with Gasteiger partial charge >= 0.3 is 59.7 Å². The molecule has 3 spiro atoms. The number of hydrogen-bond acceptors (Lipinski definition) is 35. The maximum atomic E-state index is 14.4. The van der Waals surface area contributed by atoms with Gasteiger partial charge in [0.25, 0.3) is 0 Å². The SMILES string of the molecule is COC(=O)C[C@@](CCCC(C)(C)OC(C)=O)(OC(C)=O)C(=O)O[C@@H]1C(OC)=C[C@]23CCCN2CCc2cc4c(cc2[C@H]13)OCO4.COC(=O)C[C@](O)(CCCC(C)(C)OC(=O)c1ccco1)C(=O)O[C@@H]1C(OC)=C[C@]23CCCN2CCc2cc4c(cc2[C@H]13)OCO4.COC(=O)C[C@](O)(CCCC(C)(C)OC(C)=O)C(=O)O[C@@H]1C(OC)=C[C@]23CCCN2CCc2cc4c(cc2[C@H]13)OCO4. The number of nitrogens with zero attached hydrogens (tertiary/aromatic N) is 3. The quantitative estimate of drug-likeness (QED) is 0.0339. The first-order chi connectivity index (χ1) is 63.2. The highest BCUT2D eigenvalue weighted by Crippen LogP contribution is 2.60. The average Bonchev–Trinajstić information content (AvgIpc) is 1.56. The van der Waals surface area contributed by atoms with Gasteiger partial charge in [-0.25, -0.2) is 19.2 Å². The summed E-state index contributed by atoms with van der Waals surface area (Å²) in [7, 11) is 8.22. The second-order valence-electron chi connectivity index (χ2n) is 38.2. The van der Waals surface area contributed by atoms with Crippen LogP contribution in [0.4, 0.5) is 0 Å². The molecule has 35 nitrogen and oxygen atoms in total. The Labute approximate surface area is 773 Å². The maximum absolute atomic E-state index is 14.4. The number of benzene rings is 3. The molecule has 3 aliphatic carbocycles. The summed E-state index contributed by atoms with van der Waals surface area (Å²) >= 11 is 0. The molecule has 35 heteroatoms. The fourth-order valence-electron chi connectivity index (χ4n) is 22.1. The van der Waals surface area contributed by atoms with Gasteiger partial charge in [-0.1, -0.05) is 0 Å². The Morgan fingerprint density at radius 2 is 0.729 bits per heavy atom. The van der Waals surface area contributed by atoms with E-state index in [9.17, 15) is 58.2 Å². The molecule has 0 radical (unpaired) electrons. The van der Waals surface area contributed by atoms with Crippen molar-refractivity contribution in [3.63, 3.8) is 0 Å². The zero-order valence-corrected chi connectivity index (χ0v) is 78.6. The van der Waals surface area contributed by atoms with Crippen LogP contribution in [-0.4, -0.2) is 255 Å². The van der Waals surface area contributed by atoms with Crippen molar-refractivity contribution in [3.05, 3.63) is 129 Å².